The summed E-state index contributed by atoms with van der Waals surface area (Å²) in [5.74, 6) is 0. The third-order valence-electron chi connectivity index (χ3n) is 4.58. The second kappa shape index (κ2) is 10.4. The molecule has 0 bridgehead atoms. The van der Waals surface area contributed by atoms with Crippen LogP contribution in [-0.2, 0) is 16.5 Å². The second-order valence-electron chi connectivity index (χ2n) is 6.93. The predicted octanol–water partition coefficient (Wildman–Crippen LogP) is 5.69. The molecule has 0 radical (unpaired) electrons. The Bertz CT molecular complexity index is 1330. The van der Waals surface area contributed by atoms with Gasteiger partial charge in [-0.15, -0.1) is 11.8 Å². The minimum atomic E-state index is -4.58. The average Bonchev–Trinajstić information content (AvgIpc) is 3.20. The number of halogens is 3. The summed E-state index contributed by atoms with van der Waals surface area (Å²) < 4.78 is 68.6. The molecule has 6 nitrogen and oxygen atoms in total. The van der Waals surface area contributed by atoms with Crippen molar-refractivity contribution in [2.45, 2.75) is 11.1 Å². The van der Waals surface area contributed by atoms with Crippen LogP contribution < -0.4 is 5.14 Å². The maximum absolute atomic E-state index is 14.0. The minimum Gasteiger partial charge on any atom is -0.274 e. The minimum absolute atomic E-state index is 0.0817. The van der Waals surface area contributed by atoms with Gasteiger partial charge in [0.05, 0.1) is 11.4 Å². The standard InChI is InChI=1S/C23H17F3N2S.H3NO3S/c1-29-19-14-12-18(13-15-19)28-21(17-10-6-3-7-11-17)20(16-8-4-2-5-9-16)22(27-28)23(24,25)26;1-5(2,3)4/h2-15H,1H3;(H3,1,2,3,4). The van der Waals surface area contributed by atoms with E-state index in [0.29, 0.717) is 22.5 Å². The van der Waals surface area contributed by atoms with Crippen molar-refractivity contribution in [2.75, 3.05) is 6.26 Å². The van der Waals surface area contributed by atoms with Crippen LogP contribution in [0.15, 0.2) is 89.8 Å². The molecule has 4 aromatic rings. The summed E-state index contributed by atoms with van der Waals surface area (Å²) in [6.07, 6.45) is -2.63. The third-order valence-corrected chi connectivity index (χ3v) is 5.32. The lowest BCUT2D eigenvalue weighted by atomic mass is 9.98. The summed E-state index contributed by atoms with van der Waals surface area (Å²) in [6, 6.07) is 25.0. The molecule has 0 unspecified atom stereocenters. The number of thioether (sulfide) groups is 1. The van der Waals surface area contributed by atoms with Crippen molar-refractivity contribution in [1.82, 2.24) is 9.78 Å². The van der Waals surface area contributed by atoms with E-state index in [1.54, 1.807) is 66.4 Å². The number of hydrogen-bond acceptors (Lipinski definition) is 4. The van der Waals surface area contributed by atoms with E-state index < -0.39 is 22.2 Å². The highest BCUT2D eigenvalue weighted by Crippen LogP contribution is 2.43. The van der Waals surface area contributed by atoms with E-state index in [4.69, 9.17) is 13.0 Å². The van der Waals surface area contributed by atoms with Crippen LogP contribution in [0.3, 0.4) is 0 Å². The van der Waals surface area contributed by atoms with E-state index in [2.05, 4.69) is 10.2 Å². The molecular formula is C23H20F3N3O3S2. The summed E-state index contributed by atoms with van der Waals surface area (Å²) in [5, 5.41) is 7.93. The fraction of sp³-hybridized carbons (Fsp3) is 0.0870. The molecule has 0 aliphatic rings. The van der Waals surface area contributed by atoms with Gasteiger partial charge in [-0.25, -0.2) is 9.82 Å². The van der Waals surface area contributed by atoms with Gasteiger partial charge in [0.25, 0.3) is 0 Å². The molecular weight excluding hydrogens is 487 g/mol. The van der Waals surface area contributed by atoms with Crippen LogP contribution in [0.1, 0.15) is 5.69 Å². The number of benzene rings is 3. The molecule has 0 spiro atoms. The summed E-state index contributed by atoms with van der Waals surface area (Å²) in [5.41, 5.74) is 1.33. The van der Waals surface area contributed by atoms with Crippen LogP contribution in [0.25, 0.3) is 28.1 Å². The van der Waals surface area contributed by atoms with Crippen LogP contribution in [0.5, 0.6) is 0 Å². The molecule has 178 valence electrons. The Hall–Kier alpha value is -3.12. The van der Waals surface area contributed by atoms with Crippen LogP contribution in [0.2, 0.25) is 0 Å². The van der Waals surface area contributed by atoms with Crippen LogP contribution in [0, 0.1) is 0 Å². The van der Waals surface area contributed by atoms with Gasteiger partial charge in [0.1, 0.15) is 0 Å². The van der Waals surface area contributed by atoms with E-state index in [0.717, 1.165) is 4.90 Å². The number of nitrogens with zero attached hydrogens (tertiary/aromatic N) is 2. The quantitative estimate of drug-likeness (QED) is 0.273. The van der Waals surface area contributed by atoms with Gasteiger partial charge in [0.2, 0.25) is 0 Å². The van der Waals surface area contributed by atoms with Crippen molar-refractivity contribution in [2.24, 2.45) is 5.14 Å². The second-order valence-corrected chi connectivity index (χ2v) is 8.84. The zero-order valence-electron chi connectivity index (χ0n) is 17.8. The highest BCUT2D eigenvalue weighted by atomic mass is 32.2. The molecule has 0 aliphatic carbocycles. The maximum atomic E-state index is 14.0. The van der Waals surface area contributed by atoms with Gasteiger partial charge in [-0.05, 0) is 36.1 Å². The number of rotatable bonds is 4. The predicted molar refractivity (Wildman–Crippen MR) is 127 cm³/mol. The third kappa shape index (κ3) is 6.48. The summed E-state index contributed by atoms with van der Waals surface area (Å²) in [7, 11) is -4.17. The fourth-order valence-electron chi connectivity index (χ4n) is 3.27. The lowest BCUT2D eigenvalue weighted by molar-refractivity contribution is -0.140. The lowest BCUT2D eigenvalue weighted by Crippen LogP contribution is -2.08. The fourth-order valence-corrected chi connectivity index (χ4v) is 3.68. The van der Waals surface area contributed by atoms with Crippen molar-refractivity contribution in [3.8, 4) is 28.1 Å². The molecule has 11 heteroatoms. The van der Waals surface area contributed by atoms with Crippen LogP contribution in [0.4, 0.5) is 13.2 Å². The van der Waals surface area contributed by atoms with Gasteiger partial charge < -0.3 is 0 Å². The molecule has 3 aromatic carbocycles. The molecule has 0 saturated heterocycles. The van der Waals surface area contributed by atoms with Crippen LogP contribution in [-0.4, -0.2) is 29.0 Å². The first-order valence-corrected chi connectivity index (χ1v) is 12.4. The molecule has 0 saturated carbocycles. The van der Waals surface area contributed by atoms with Crippen molar-refractivity contribution in [3.05, 3.63) is 90.6 Å². The van der Waals surface area contributed by atoms with Crippen molar-refractivity contribution < 1.29 is 26.1 Å². The summed E-state index contributed by atoms with van der Waals surface area (Å²) >= 11 is 1.57. The zero-order chi connectivity index (χ0) is 24.9. The molecule has 4 rings (SSSR count). The van der Waals surface area contributed by atoms with Crippen molar-refractivity contribution >= 4 is 22.1 Å². The molecule has 34 heavy (non-hydrogen) atoms. The first-order valence-electron chi connectivity index (χ1n) is 9.69. The Balaban J connectivity index is 0.000000588. The topological polar surface area (TPSA) is 98.2 Å². The average molecular weight is 508 g/mol. The lowest BCUT2D eigenvalue weighted by Gasteiger charge is -2.11. The molecule has 0 atom stereocenters. The number of aromatic nitrogens is 2. The molecule has 0 amide bonds. The van der Waals surface area contributed by atoms with Gasteiger partial charge in [0, 0.05) is 16.0 Å². The Morgan fingerprint density at radius 1 is 0.882 bits per heavy atom. The van der Waals surface area contributed by atoms with Gasteiger partial charge in [-0.1, -0.05) is 60.7 Å². The Kier molecular flexibility index (Phi) is 7.82. The largest absolute Gasteiger partial charge is 0.435 e. The number of nitrogens with two attached hydrogens (primary N) is 1. The Morgan fingerprint density at radius 3 is 1.79 bits per heavy atom. The highest BCUT2D eigenvalue weighted by Gasteiger charge is 2.40. The zero-order valence-corrected chi connectivity index (χ0v) is 19.4. The SMILES string of the molecule is CSc1ccc(-n2nc(C(F)(F)F)c(-c3ccccc3)c2-c2ccccc2)cc1.NS(=O)(=O)O. The van der Waals surface area contributed by atoms with Gasteiger partial charge in [0.15, 0.2) is 5.69 Å². The maximum Gasteiger partial charge on any atom is 0.435 e. The van der Waals surface area contributed by atoms with Crippen molar-refractivity contribution in [3.63, 3.8) is 0 Å². The van der Waals surface area contributed by atoms with E-state index in [9.17, 15) is 13.2 Å². The van der Waals surface area contributed by atoms with E-state index in [1.165, 1.54) is 4.68 Å². The van der Waals surface area contributed by atoms with E-state index in [1.807, 2.05) is 36.6 Å². The molecule has 0 fully saturated rings. The highest BCUT2D eigenvalue weighted by molar-refractivity contribution is 7.98. The van der Waals surface area contributed by atoms with Gasteiger partial charge in [-0.2, -0.15) is 26.7 Å². The first kappa shape index (κ1) is 25.5. The van der Waals surface area contributed by atoms with Gasteiger partial charge in [-0.3, -0.25) is 4.55 Å². The van der Waals surface area contributed by atoms with E-state index >= 15 is 0 Å². The Labute approximate surface area is 199 Å². The normalized spacial score (nSPS) is 11.6. The molecule has 1 heterocycles. The Morgan fingerprint density at radius 2 is 1.35 bits per heavy atom. The smallest absolute Gasteiger partial charge is 0.274 e. The first-order chi connectivity index (χ1) is 16.0. The molecule has 1 aromatic heterocycles. The summed E-state index contributed by atoms with van der Waals surface area (Å²) in [6.45, 7) is 0. The van der Waals surface area contributed by atoms with Crippen molar-refractivity contribution in [1.29, 1.82) is 0 Å². The monoisotopic (exact) mass is 507 g/mol. The van der Waals surface area contributed by atoms with E-state index in [-0.39, 0.29) is 5.56 Å². The number of hydrogen-bond donors (Lipinski definition) is 2. The number of alkyl halides is 3. The van der Waals surface area contributed by atoms with Crippen LogP contribution >= 0.6 is 11.8 Å². The molecule has 0 aliphatic heterocycles. The van der Waals surface area contributed by atoms with Gasteiger partial charge >= 0.3 is 16.5 Å². The summed E-state index contributed by atoms with van der Waals surface area (Å²) in [4.78, 5) is 1.03. The molecule has 3 N–H and O–H groups in total.